The van der Waals surface area contributed by atoms with Crippen LogP contribution in [0.2, 0.25) is 0 Å². The van der Waals surface area contributed by atoms with Crippen molar-refractivity contribution in [2.75, 3.05) is 44.2 Å². The quantitative estimate of drug-likeness (QED) is 0.768. The molecule has 0 N–H and O–H groups in total. The van der Waals surface area contributed by atoms with Crippen LogP contribution in [0, 0.1) is 17.2 Å². The summed E-state index contributed by atoms with van der Waals surface area (Å²) < 4.78 is 0. The van der Waals surface area contributed by atoms with Crippen molar-refractivity contribution in [3.05, 3.63) is 42.5 Å². The van der Waals surface area contributed by atoms with Gasteiger partial charge in [0.1, 0.15) is 6.07 Å². The number of anilines is 1. The van der Waals surface area contributed by atoms with E-state index in [1.165, 1.54) is 6.08 Å². The molecule has 2 aliphatic heterocycles. The van der Waals surface area contributed by atoms with Crippen LogP contribution in [0.1, 0.15) is 24.8 Å². The van der Waals surface area contributed by atoms with E-state index in [-0.39, 0.29) is 17.7 Å². The van der Waals surface area contributed by atoms with E-state index in [2.05, 4.69) is 17.5 Å². The lowest BCUT2D eigenvalue weighted by molar-refractivity contribution is -0.139. The first-order valence-corrected chi connectivity index (χ1v) is 9.58. The minimum Gasteiger partial charge on any atom is -0.369 e. The van der Waals surface area contributed by atoms with E-state index in [1.54, 1.807) is 4.90 Å². The smallest absolute Gasteiger partial charge is 0.245 e. The van der Waals surface area contributed by atoms with E-state index in [0.717, 1.165) is 44.6 Å². The third kappa shape index (κ3) is 4.30. The Kier molecular flexibility index (Phi) is 6.12. The first kappa shape index (κ1) is 19.0. The number of rotatable bonds is 3. The van der Waals surface area contributed by atoms with Crippen LogP contribution in [0.25, 0.3) is 0 Å². The highest BCUT2D eigenvalue weighted by Crippen LogP contribution is 2.24. The van der Waals surface area contributed by atoms with Crippen LogP contribution in [0.3, 0.4) is 0 Å². The van der Waals surface area contributed by atoms with Gasteiger partial charge in [-0.1, -0.05) is 18.7 Å². The third-order valence-electron chi connectivity index (χ3n) is 5.50. The molecule has 0 bridgehead atoms. The highest BCUT2D eigenvalue weighted by atomic mass is 16.2. The normalized spacial score (nSPS) is 18.6. The molecule has 2 saturated heterocycles. The van der Waals surface area contributed by atoms with Gasteiger partial charge in [-0.3, -0.25) is 9.59 Å². The number of benzene rings is 1. The second-order valence-electron chi connectivity index (χ2n) is 7.10. The van der Waals surface area contributed by atoms with Gasteiger partial charge in [0.15, 0.2) is 0 Å². The van der Waals surface area contributed by atoms with Gasteiger partial charge in [0.25, 0.3) is 0 Å². The van der Waals surface area contributed by atoms with Crippen molar-refractivity contribution in [3.63, 3.8) is 0 Å². The first-order valence-electron chi connectivity index (χ1n) is 9.58. The van der Waals surface area contributed by atoms with Crippen molar-refractivity contribution in [1.82, 2.24) is 9.80 Å². The predicted molar refractivity (Wildman–Crippen MR) is 104 cm³/mol. The molecule has 27 heavy (non-hydrogen) atoms. The SMILES string of the molecule is C=CC(=O)N1CCC(C(=O)N2CCCN(c3ccccc3C#N)CC2)CC1. The number of nitriles is 1. The summed E-state index contributed by atoms with van der Waals surface area (Å²) in [4.78, 5) is 30.6. The van der Waals surface area contributed by atoms with Crippen molar-refractivity contribution in [2.24, 2.45) is 5.92 Å². The van der Waals surface area contributed by atoms with Crippen molar-refractivity contribution >= 4 is 17.5 Å². The molecule has 0 aromatic heterocycles. The molecule has 3 rings (SSSR count). The number of hydrogen-bond donors (Lipinski definition) is 0. The Hall–Kier alpha value is -2.81. The molecule has 0 atom stereocenters. The maximum absolute atomic E-state index is 12.9. The Balaban J connectivity index is 1.58. The lowest BCUT2D eigenvalue weighted by Crippen LogP contribution is -2.45. The highest BCUT2D eigenvalue weighted by molar-refractivity contribution is 5.87. The van der Waals surface area contributed by atoms with E-state index >= 15 is 0 Å². The topological polar surface area (TPSA) is 67.7 Å². The number of para-hydroxylation sites is 1. The number of piperidine rings is 1. The Bertz CT molecular complexity index is 747. The molecule has 0 saturated carbocycles. The van der Waals surface area contributed by atoms with Gasteiger partial charge in [-0.05, 0) is 37.5 Å². The zero-order valence-corrected chi connectivity index (χ0v) is 15.6. The van der Waals surface area contributed by atoms with Gasteiger partial charge in [0.05, 0.1) is 11.3 Å². The molecular formula is C21H26N4O2. The van der Waals surface area contributed by atoms with Crippen molar-refractivity contribution in [2.45, 2.75) is 19.3 Å². The summed E-state index contributed by atoms with van der Waals surface area (Å²) in [5.74, 6) is 0.149. The maximum atomic E-state index is 12.9. The molecule has 6 nitrogen and oxygen atoms in total. The lowest BCUT2D eigenvalue weighted by Gasteiger charge is -2.33. The third-order valence-corrected chi connectivity index (χ3v) is 5.50. The Morgan fingerprint density at radius 3 is 2.48 bits per heavy atom. The minimum atomic E-state index is -0.0533. The molecule has 1 aromatic carbocycles. The fourth-order valence-corrected chi connectivity index (χ4v) is 3.96. The summed E-state index contributed by atoms with van der Waals surface area (Å²) in [6, 6.07) is 9.89. The van der Waals surface area contributed by atoms with E-state index in [9.17, 15) is 14.9 Å². The fraction of sp³-hybridized carbons (Fsp3) is 0.476. The van der Waals surface area contributed by atoms with Crippen LogP contribution in [0.4, 0.5) is 5.69 Å². The number of nitrogens with zero attached hydrogens (tertiary/aromatic N) is 4. The molecule has 2 aliphatic rings. The molecule has 142 valence electrons. The van der Waals surface area contributed by atoms with Crippen molar-refractivity contribution < 1.29 is 9.59 Å². The summed E-state index contributed by atoms with van der Waals surface area (Å²) in [7, 11) is 0. The van der Waals surface area contributed by atoms with Gasteiger partial charge in [-0.25, -0.2) is 0 Å². The summed E-state index contributed by atoms with van der Waals surface area (Å²) in [5.41, 5.74) is 1.63. The number of carbonyl (C=O) groups excluding carboxylic acids is 2. The van der Waals surface area contributed by atoms with Gasteiger partial charge >= 0.3 is 0 Å². The largest absolute Gasteiger partial charge is 0.369 e. The minimum absolute atomic E-state index is 0.00295. The Labute approximate surface area is 160 Å². The summed E-state index contributed by atoms with van der Waals surface area (Å²) in [6.45, 7) is 7.76. The van der Waals surface area contributed by atoms with Gasteiger partial charge in [0.2, 0.25) is 11.8 Å². The van der Waals surface area contributed by atoms with E-state index in [4.69, 9.17) is 0 Å². The van der Waals surface area contributed by atoms with Gasteiger partial charge in [-0.2, -0.15) is 5.26 Å². The van der Waals surface area contributed by atoms with Crippen LogP contribution in [0.15, 0.2) is 36.9 Å². The molecule has 6 heteroatoms. The van der Waals surface area contributed by atoms with E-state index in [1.807, 2.05) is 29.2 Å². The Morgan fingerprint density at radius 1 is 1.04 bits per heavy atom. The highest BCUT2D eigenvalue weighted by Gasteiger charge is 2.30. The number of carbonyl (C=O) groups is 2. The lowest BCUT2D eigenvalue weighted by atomic mass is 9.95. The molecule has 0 aliphatic carbocycles. The van der Waals surface area contributed by atoms with Crippen LogP contribution >= 0.6 is 0 Å². The molecule has 1 aromatic rings. The van der Waals surface area contributed by atoms with E-state index in [0.29, 0.717) is 25.2 Å². The van der Waals surface area contributed by atoms with Crippen LogP contribution in [-0.4, -0.2) is 60.9 Å². The van der Waals surface area contributed by atoms with Crippen LogP contribution < -0.4 is 4.90 Å². The van der Waals surface area contributed by atoms with Crippen LogP contribution in [0.5, 0.6) is 0 Å². The summed E-state index contributed by atoms with van der Waals surface area (Å²) in [6.07, 6.45) is 3.66. The molecular weight excluding hydrogens is 340 g/mol. The summed E-state index contributed by atoms with van der Waals surface area (Å²) >= 11 is 0. The van der Waals surface area contributed by atoms with Gasteiger partial charge < -0.3 is 14.7 Å². The summed E-state index contributed by atoms with van der Waals surface area (Å²) in [5, 5.41) is 9.33. The Morgan fingerprint density at radius 2 is 1.78 bits per heavy atom. The van der Waals surface area contributed by atoms with E-state index < -0.39 is 0 Å². The average Bonchev–Trinajstić information content (AvgIpc) is 2.99. The maximum Gasteiger partial charge on any atom is 0.245 e. The molecule has 2 fully saturated rings. The fourth-order valence-electron chi connectivity index (χ4n) is 3.96. The second-order valence-corrected chi connectivity index (χ2v) is 7.10. The first-order chi connectivity index (χ1) is 13.1. The molecule has 2 amide bonds. The zero-order valence-electron chi connectivity index (χ0n) is 15.6. The van der Waals surface area contributed by atoms with Crippen LogP contribution in [-0.2, 0) is 9.59 Å². The van der Waals surface area contributed by atoms with Crippen molar-refractivity contribution in [1.29, 1.82) is 5.26 Å². The molecule has 2 heterocycles. The average molecular weight is 366 g/mol. The van der Waals surface area contributed by atoms with Gasteiger partial charge in [0, 0.05) is 45.2 Å². The van der Waals surface area contributed by atoms with Gasteiger partial charge in [-0.15, -0.1) is 0 Å². The number of likely N-dealkylation sites (tertiary alicyclic amines) is 1. The standard InChI is InChI=1S/C21H26N4O2/c1-2-20(26)24-12-8-17(9-13-24)21(27)25-11-5-10-23(14-15-25)19-7-4-3-6-18(19)16-22/h2-4,6-7,17H,1,5,8-15H2. The molecule has 0 unspecified atom stereocenters. The molecule has 0 spiro atoms. The second kappa shape index (κ2) is 8.72. The number of hydrogen-bond acceptors (Lipinski definition) is 4. The zero-order chi connectivity index (χ0) is 19.2. The number of amides is 2. The van der Waals surface area contributed by atoms with Crippen molar-refractivity contribution in [3.8, 4) is 6.07 Å². The molecule has 0 radical (unpaired) electrons. The predicted octanol–water partition coefficient (Wildman–Crippen LogP) is 2.02. The monoisotopic (exact) mass is 366 g/mol.